The van der Waals surface area contributed by atoms with E-state index in [4.69, 9.17) is 5.26 Å². The number of hydrogen-bond acceptors (Lipinski definition) is 3. The SMILES string of the molecule is Cc1cccc(C)c1NCCC(=O)Nc1cccc(C#N)c1. The normalized spacial score (nSPS) is 9.86. The lowest BCUT2D eigenvalue weighted by Gasteiger charge is -2.12. The summed E-state index contributed by atoms with van der Waals surface area (Å²) in [6, 6.07) is 15.1. The number of carbonyl (C=O) groups excluding carboxylic acids is 1. The van der Waals surface area contributed by atoms with Crippen LogP contribution >= 0.6 is 0 Å². The Labute approximate surface area is 130 Å². The Morgan fingerprint density at radius 2 is 1.82 bits per heavy atom. The molecule has 0 aromatic heterocycles. The number of aryl methyl sites for hydroxylation is 2. The van der Waals surface area contributed by atoms with Gasteiger partial charge in [-0.05, 0) is 43.2 Å². The molecule has 0 aliphatic rings. The first-order chi connectivity index (χ1) is 10.6. The summed E-state index contributed by atoms with van der Waals surface area (Å²) >= 11 is 0. The summed E-state index contributed by atoms with van der Waals surface area (Å²) in [7, 11) is 0. The monoisotopic (exact) mass is 293 g/mol. The third kappa shape index (κ3) is 4.10. The van der Waals surface area contributed by atoms with Crippen molar-refractivity contribution in [1.29, 1.82) is 5.26 Å². The quantitative estimate of drug-likeness (QED) is 0.885. The molecule has 0 spiro atoms. The van der Waals surface area contributed by atoms with E-state index in [0.29, 0.717) is 24.2 Å². The van der Waals surface area contributed by atoms with E-state index in [-0.39, 0.29) is 5.91 Å². The van der Waals surface area contributed by atoms with Gasteiger partial charge in [-0.25, -0.2) is 0 Å². The van der Waals surface area contributed by atoms with Crippen LogP contribution in [0.2, 0.25) is 0 Å². The smallest absolute Gasteiger partial charge is 0.226 e. The molecule has 112 valence electrons. The van der Waals surface area contributed by atoms with Crippen molar-refractivity contribution < 1.29 is 4.79 Å². The van der Waals surface area contributed by atoms with Gasteiger partial charge in [-0.3, -0.25) is 4.79 Å². The van der Waals surface area contributed by atoms with Crippen LogP contribution in [0, 0.1) is 25.2 Å². The Kier molecular flexibility index (Phi) is 5.16. The molecule has 0 aliphatic carbocycles. The summed E-state index contributed by atoms with van der Waals surface area (Å²) in [5.41, 5.74) is 4.61. The third-order valence-corrected chi connectivity index (χ3v) is 3.41. The minimum atomic E-state index is -0.0752. The molecule has 2 rings (SSSR count). The number of para-hydroxylation sites is 1. The minimum Gasteiger partial charge on any atom is -0.384 e. The first kappa shape index (κ1) is 15.6. The summed E-state index contributed by atoms with van der Waals surface area (Å²) in [6.07, 6.45) is 0.366. The Balaban J connectivity index is 1.87. The molecule has 0 fully saturated rings. The topological polar surface area (TPSA) is 64.9 Å². The van der Waals surface area contributed by atoms with Crippen LogP contribution in [-0.2, 0) is 4.79 Å². The third-order valence-electron chi connectivity index (χ3n) is 3.41. The lowest BCUT2D eigenvalue weighted by atomic mass is 10.1. The van der Waals surface area contributed by atoms with E-state index in [1.807, 2.05) is 32.0 Å². The molecule has 0 unspecified atom stereocenters. The van der Waals surface area contributed by atoms with Crippen molar-refractivity contribution in [2.45, 2.75) is 20.3 Å². The Morgan fingerprint density at radius 1 is 1.14 bits per heavy atom. The van der Waals surface area contributed by atoms with Crippen LogP contribution in [0.4, 0.5) is 11.4 Å². The molecule has 0 atom stereocenters. The maximum Gasteiger partial charge on any atom is 0.226 e. The highest BCUT2D eigenvalue weighted by Gasteiger charge is 2.05. The fourth-order valence-corrected chi connectivity index (χ4v) is 2.28. The Hall–Kier alpha value is -2.80. The van der Waals surface area contributed by atoms with Crippen LogP contribution in [0.1, 0.15) is 23.1 Å². The van der Waals surface area contributed by atoms with Gasteiger partial charge in [0.25, 0.3) is 0 Å². The number of benzene rings is 2. The van der Waals surface area contributed by atoms with Crippen molar-refractivity contribution in [3.63, 3.8) is 0 Å². The van der Waals surface area contributed by atoms with E-state index in [9.17, 15) is 4.79 Å². The van der Waals surface area contributed by atoms with Crippen LogP contribution in [0.3, 0.4) is 0 Å². The molecule has 2 N–H and O–H groups in total. The van der Waals surface area contributed by atoms with Gasteiger partial charge in [-0.1, -0.05) is 24.3 Å². The van der Waals surface area contributed by atoms with Crippen molar-refractivity contribution >= 4 is 17.3 Å². The predicted octanol–water partition coefficient (Wildman–Crippen LogP) is 3.62. The first-order valence-corrected chi connectivity index (χ1v) is 7.20. The maximum absolute atomic E-state index is 11.9. The van der Waals surface area contributed by atoms with Crippen molar-refractivity contribution in [1.82, 2.24) is 0 Å². The average molecular weight is 293 g/mol. The van der Waals surface area contributed by atoms with Crippen LogP contribution in [0.25, 0.3) is 0 Å². The van der Waals surface area contributed by atoms with Gasteiger partial charge in [0.15, 0.2) is 0 Å². The van der Waals surface area contributed by atoms with Crippen LogP contribution in [-0.4, -0.2) is 12.5 Å². The number of nitrogens with zero attached hydrogens (tertiary/aromatic N) is 1. The highest BCUT2D eigenvalue weighted by molar-refractivity contribution is 5.91. The highest BCUT2D eigenvalue weighted by Crippen LogP contribution is 2.19. The van der Waals surface area contributed by atoms with Crippen molar-refractivity contribution in [3.8, 4) is 6.07 Å². The average Bonchev–Trinajstić information content (AvgIpc) is 2.50. The summed E-state index contributed by atoms with van der Waals surface area (Å²) in [5.74, 6) is -0.0752. The largest absolute Gasteiger partial charge is 0.384 e. The van der Waals surface area contributed by atoms with Crippen molar-refractivity contribution in [3.05, 3.63) is 59.2 Å². The van der Waals surface area contributed by atoms with Gasteiger partial charge in [0, 0.05) is 24.3 Å². The molecule has 0 heterocycles. The molecule has 4 heteroatoms. The standard InChI is InChI=1S/C18H19N3O/c1-13-5-3-6-14(2)18(13)20-10-9-17(22)21-16-8-4-7-15(11-16)12-19/h3-8,11,20H,9-10H2,1-2H3,(H,21,22). The Morgan fingerprint density at radius 3 is 2.50 bits per heavy atom. The molecule has 0 saturated heterocycles. The molecule has 2 aromatic carbocycles. The second kappa shape index (κ2) is 7.28. The lowest BCUT2D eigenvalue weighted by molar-refractivity contribution is -0.115. The van der Waals surface area contributed by atoms with Gasteiger partial charge in [0.05, 0.1) is 11.6 Å². The van der Waals surface area contributed by atoms with Gasteiger partial charge in [-0.15, -0.1) is 0 Å². The molecular weight excluding hydrogens is 274 g/mol. The zero-order valence-electron chi connectivity index (χ0n) is 12.8. The zero-order valence-corrected chi connectivity index (χ0v) is 12.8. The van der Waals surface area contributed by atoms with E-state index < -0.39 is 0 Å². The summed E-state index contributed by atoms with van der Waals surface area (Å²) in [4.78, 5) is 11.9. The van der Waals surface area contributed by atoms with E-state index in [2.05, 4.69) is 16.7 Å². The second-order valence-electron chi connectivity index (χ2n) is 5.18. The summed E-state index contributed by atoms with van der Waals surface area (Å²) in [5, 5.41) is 15.0. The number of amides is 1. The minimum absolute atomic E-state index is 0.0752. The molecule has 22 heavy (non-hydrogen) atoms. The van der Waals surface area contributed by atoms with Gasteiger partial charge in [-0.2, -0.15) is 5.26 Å². The number of nitriles is 1. The van der Waals surface area contributed by atoms with Gasteiger partial charge < -0.3 is 10.6 Å². The number of anilines is 2. The fourth-order valence-electron chi connectivity index (χ4n) is 2.28. The molecule has 2 aromatic rings. The fraction of sp³-hybridized carbons (Fsp3) is 0.222. The number of hydrogen-bond donors (Lipinski definition) is 2. The number of rotatable bonds is 5. The predicted molar refractivity (Wildman–Crippen MR) is 88.8 cm³/mol. The molecule has 0 bridgehead atoms. The van der Waals surface area contributed by atoms with E-state index in [1.54, 1.807) is 24.3 Å². The van der Waals surface area contributed by atoms with Crippen molar-refractivity contribution in [2.75, 3.05) is 17.2 Å². The summed E-state index contributed by atoms with van der Waals surface area (Å²) in [6.45, 7) is 4.65. The molecule has 0 aliphatic heterocycles. The van der Waals surface area contributed by atoms with E-state index in [1.165, 1.54) is 11.1 Å². The maximum atomic E-state index is 11.9. The van der Waals surface area contributed by atoms with Crippen LogP contribution in [0.15, 0.2) is 42.5 Å². The van der Waals surface area contributed by atoms with E-state index >= 15 is 0 Å². The Bertz CT molecular complexity index is 696. The van der Waals surface area contributed by atoms with Gasteiger partial charge in [0.1, 0.15) is 0 Å². The first-order valence-electron chi connectivity index (χ1n) is 7.20. The zero-order chi connectivity index (χ0) is 15.9. The van der Waals surface area contributed by atoms with Crippen molar-refractivity contribution in [2.24, 2.45) is 0 Å². The number of carbonyl (C=O) groups is 1. The van der Waals surface area contributed by atoms with Crippen LogP contribution in [0.5, 0.6) is 0 Å². The van der Waals surface area contributed by atoms with Gasteiger partial charge >= 0.3 is 0 Å². The molecular formula is C18H19N3O. The second-order valence-corrected chi connectivity index (χ2v) is 5.18. The molecule has 0 radical (unpaired) electrons. The van der Waals surface area contributed by atoms with E-state index in [0.717, 1.165) is 5.69 Å². The lowest BCUT2D eigenvalue weighted by Crippen LogP contribution is -2.16. The molecule has 1 amide bonds. The number of nitrogens with one attached hydrogen (secondary N) is 2. The molecule has 0 saturated carbocycles. The molecule has 4 nitrogen and oxygen atoms in total. The highest BCUT2D eigenvalue weighted by atomic mass is 16.1. The summed E-state index contributed by atoms with van der Waals surface area (Å²) < 4.78 is 0. The van der Waals surface area contributed by atoms with Gasteiger partial charge in [0.2, 0.25) is 5.91 Å². The van der Waals surface area contributed by atoms with Crippen LogP contribution < -0.4 is 10.6 Å².